The smallest absolute Gasteiger partial charge is 0.142 e. The number of rotatable bonds is 5. The van der Waals surface area contributed by atoms with Gasteiger partial charge in [-0.3, -0.25) is 4.90 Å². The van der Waals surface area contributed by atoms with Gasteiger partial charge in [0.1, 0.15) is 5.82 Å². The highest BCUT2D eigenvalue weighted by Gasteiger charge is 2.29. The second-order valence-corrected chi connectivity index (χ2v) is 5.05. The Labute approximate surface area is 113 Å². The van der Waals surface area contributed by atoms with Crippen LogP contribution in [0.3, 0.4) is 0 Å². The number of benzene rings is 1. The van der Waals surface area contributed by atoms with E-state index in [0.717, 1.165) is 24.6 Å². The monoisotopic (exact) mass is 254 g/mol. The SMILES string of the molecule is Nc1cccc(CN(Cc2ncccn2)C2CC2)c1. The van der Waals surface area contributed by atoms with Crippen molar-refractivity contribution >= 4 is 5.69 Å². The third-order valence-corrected chi connectivity index (χ3v) is 3.36. The zero-order valence-electron chi connectivity index (χ0n) is 10.9. The van der Waals surface area contributed by atoms with E-state index < -0.39 is 0 Å². The first-order valence-corrected chi connectivity index (χ1v) is 6.65. The van der Waals surface area contributed by atoms with Crippen LogP contribution in [0.15, 0.2) is 42.7 Å². The molecule has 0 aliphatic heterocycles. The van der Waals surface area contributed by atoms with Crippen molar-refractivity contribution < 1.29 is 0 Å². The molecule has 98 valence electrons. The van der Waals surface area contributed by atoms with Gasteiger partial charge in [-0.2, -0.15) is 0 Å². The fraction of sp³-hybridized carbons (Fsp3) is 0.333. The quantitative estimate of drug-likeness (QED) is 0.831. The van der Waals surface area contributed by atoms with Crippen LogP contribution in [0.4, 0.5) is 5.69 Å². The summed E-state index contributed by atoms with van der Waals surface area (Å²) in [6, 6.07) is 10.6. The zero-order valence-corrected chi connectivity index (χ0v) is 10.9. The summed E-state index contributed by atoms with van der Waals surface area (Å²) < 4.78 is 0. The Morgan fingerprint density at radius 3 is 2.58 bits per heavy atom. The molecule has 0 atom stereocenters. The molecule has 4 heteroatoms. The molecule has 1 aliphatic rings. The molecule has 1 aromatic heterocycles. The van der Waals surface area contributed by atoms with Gasteiger partial charge in [0.25, 0.3) is 0 Å². The summed E-state index contributed by atoms with van der Waals surface area (Å²) in [5.41, 5.74) is 7.91. The molecule has 2 N–H and O–H groups in total. The number of hydrogen-bond acceptors (Lipinski definition) is 4. The van der Waals surface area contributed by atoms with E-state index in [0.29, 0.717) is 6.04 Å². The summed E-state index contributed by atoms with van der Waals surface area (Å²) in [4.78, 5) is 11.1. The van der Waals surface area contributed by atoms with Crippen LogP contribution in [0, 0.1) is 0 Å². The summed E-state index contributed by atoms with van der Waals surface area (Å²) in [6.45, 7) is 1.72. The third-order valence-electron chi connectivity index (χ3n) is 3.36. The maximum Gasteiger partial charge on any atom is 0.142 e. The van der Waals surface area contributed by atoms with E-state index in [-0.39, 0.29) is 0 Å². The molecule has 19 heavy (non-hydrogen) atoms. The molecule has 1 heterocycles. The van der Waals surface area contributed by atoms with Crippen molar-refractivity contribution in [3.05, 3.63) is 54.1 Å². The van der Waals surface area contributed by atoms with Gasteiger partial charge in [0, 0.05) is 30.7 Å². The minimum absolute atomic E-state index is 0.672. The van der Waals surface area contributed by atoms with Crippen LogP contribution in [0.5, 0.6) is 0 Å². The average Bonchev–Trinajstić information content (AvgIpc) is 3.23. The lowest BCUT2D eigenvalue weighted by atomic mass is 10.2. The van der Waals surface area contributed by atoms with Crippen molar-refractivity contribution in [2.75, 3.05) is 5.73 Å². The maximum absolute atomic E-state index is 5.84. The Bertz CT molecular complexity index is 537. The maximum atomic E-state index is 5.84. The molecule has 1 aromatic carbocycles. The van der Waals surface area contributed by atoms with E-state index in [1.807, 2.05) is 24.3 Å². The Morgan fingerprint density at radius 2 is 1.89 bits per heavy atom. The molecule has 1 aliphatic carbocycles. The van der Waals surface area contributed by atoms with Crippen molar-refractivity contribution in [2.45, 2.75) is 32.0 Å². The Morgan fingerprint density at radius 1 is 1.11 bits per heavy atom. The van der Waals surface area contributed by atoms with Crippen molar-refractivity contribution in [3.63, 3.8) is 0 Å². The minimum Gasteiger partial charge on any atom is -0.399 e. The standard InChI is InChI=1S/C15H18N4/c16-13-4-1-3-12(9-13)10-19(14-5-6-14)11-15-17-7-2-8-18-15/h1-4,7-9,14H,5-6,10-11,16H2. The van der Waals surface area contributed by atoms with Crippen LogP contribution in [0.25, 0.3) is 0 Å². The van der Waals surface area contributed by atoms with Gasteiger partial charge in [-0.1, -0.05) is 12.1 Å². The predicted molar refractivity (Wildman–Crippen MR) is 75.2 cm³/mol. The number of nitrogen functional groups attached to an aromatic ring is 1. The Hall–Kier alpha value is -1.94. The van der Waals surface area contributed by atoms with Gasteiger partial charge in [0.2, 0.25) is 0 Å². The summed E-state index contributed by atoms with van der Waals surface area (Å²) in [6.07, 6.45) is 6.14. The number of aromatic nitrogens is 2. The lowest BCUT2D eigenvalue weighted by Crippen LogP contribution is -2.26. The predicted octanol–water partition coefficient (Wildman–Crippen LogP) is 2.22. The lowest BCUT2D eigenvalue weighted by molar-refractivity contribution is 0.239. The van der Waals surface area contributed by atoms with Crippen LogP contribution in [-0.4, -0.2) is 20.9 Å². The third kappa shape index (κ3) is 3.29. The first-order chi connectivity index (χ1) is 9.31. The van der Waals surface area contributed by atoms with Gasteiger partial charge in [0.15, 0.2) is 0 Å². The van der Waals surface area contributed by atoms with Gasteiger partial charge >= 0.3 is 0 Å². The molecule has 0 unspecified atom stereocenters. The van der Waals surface area contributed by atoms with Gasteiger partial charge in [-0.15, -0.1) is 0 Å². The largest absolute Gasteiger partial charge is 0.399 e. The van der Waals surface area contributed by atoms with Crippen LogP contribution < -0.4 is 5.73 Å². The van der Waals surface area contributed by atoms with Crippen molar-refractivity contribution in [1.82, 2.24) is 14.9 Å². The second kappa shape index (κ2) is 5.36. The van der Waals surface area contributed by atoms with E-state index in [1.54, 1.807) is 12.4 Å². The number of hydrogen-bond donors (Lipinski definition) is 1. The normalized spacial score (nSPS) is 14.8. The molecule has 0 amide bonds. The molecule has 0 saturated heterocycles. The highest BCUT2D eigenvalue weighted by molar-refractivity contribution is 5.40. The van der Waals surface area contributed by atoms with E-state index in [2.05, 4.69) is 20.9 Å². The molecule has 3 rings (SSSR count). The molecule has 0 radical (unpaired) electrons. The Kier molecular flexibility index (Phi) is 3.42. The summed E-state index contributed by atoms with van der Waals surface area (Å²) in [5, 5.41) is 0. The van der Waals surface area contributed by atoms with E-state index in [4.69, 9.17) is 5.73 Å². The summed E-state index contributed by atoms with van der Waals surface area (Å²) >= 11 is 0. The van der Waals surface area contributed by atoms with Crippen molar-refractivity contribution in [2.24, 2.45) is 0 Å². The number of anilines is 1. The molecule has 0 bridgehead atoms. The minimum atomic E-state index is 0.672. The molecular weight excluding hydrogens is 236 g/mol. The molecule has 4 nitrogen and oxygen atoms in total. The van der Waals surface area contributed by atoms with Gasteiger partial charge < -0.3 is 5.73 Å². The summed E-state index contributed by atoms with van der Waals surface area (Å²) in [7, 11) is 0. The number of nitrogens with zero attached hydrogens (tertiary/aromatic N) is 3. The van der Waals surface area contributed by atoms with Gasteiger partial charge in [0.05, 0.1) is 6.54 Å². The molecule has 0 spiro atoms. The van der Waals surface area contributed by atoms with E-state index >= 15 is 0 Å². The first kappa shape index (κ1) is 12.1. The van der Waals surface area contributed by atoms with Crippen LogP contribution in [0.2, 0.25) is 0 Å². The fourth-order valence-corrected chi connectivity index (χ4v) is 2.27. The van der Waals surface area contributed by atoms with Crippen LogP contribution in [0.1, 0.15) is 24.2 Å². The van der Waals surface area contributed by atoms with Crippen LogP contribution >= 0.6 is 0 Å². The molecule has 1 fully saturated rings. The van der Waals surface area contributed by atoms with E-state index in [1.165, 1.54) is 18.4 Å². The summed E-state index contributed by atoms with van der Waals surface area (Å²) in [5.74, 6) is 0.887. The number of nitrogens with two attached hydrogens (primary N) is 1. The zero-order chi connectivity index (χ0) is 13.1. The molecular formula is C15H18N4. The Balaban J connectivity index is 1.71. The van der Waals surface area contributed by atoms with Crippen molar-refractivity contribution in [1.29, 1.82) is 0 Å². The highest BCUT2D eigenvalue weighted by Crippen LogP contribution is 2.29. The average molecular weight is 254 g/mol. The lowest BCUT2D eigenvalue weighted by Gasteiger charge is -2.21. The van der Waals surface area contributed by atoms with Crippen molar-refractivity contribution in [3.8, 4) is 0 Å². The van der Waals surface area contributed by atoms with Crippen LogP contribution in [-0.2, 0) is 13.1 Å². The van der Waals surface area contributed by atoms with Gasteiger partial charge in [-0.05, 0) is 36.6 Å². The molecule has 1 saturated carbocycles. The second-order valence-electron chi connectivity index (χ2n) is 5.05. The highest BCUT2D eigenvalue weighted by atomic mass is 15.2. The fourth-order valence-electron chi connectivity index (χ4n) is 2.27. The molecule has 2 aromatic rings. The van der Waals surface area contributed by atoms with E-state index in [9.17, 15) is 0 Å². The topological polar surface area (TPSA) is 55.0 Å². The first-order valence-electron chi connectivity index (χ1n) is 6.65. The van der Waals surface area contributed by atoms with Gasteiger partial charge in [-0.25, -0.2) is 9.97 Å².